The molecule has 3 atom stereocenters. The highest BCUT2D eigenvalue weighted by atomic mass is 16.2. The molecule has 0 aromatic carbocycles. The van der Waals surface area contributed by atoms with Crippen LogP contribution < -0.4 is 16.4 Å². The zero-order valence-electron chi connectivity index (χ0n) is 11.3. The van der Waals surface area contributed by atoms with Gasteiger partial charge >= 0.3 is 0 Å². The van der Waals surface area contributed by atoms with Crippen LogP contribution in [0.4, 0.5) is 0 Å². The van der Waals surface area contributed by atoms with E-state index in [9.17, 15) is 9.59 Å². The second kappa shape index (κ2) is 6.54. The molecular weight excluding hydrogens is 230 g/mol. The summed E-state index contributed by atoms with van der Waals surface area (Å²) in [5.41, 5.74) is 5.69. The van der Waals surface area contributed by atoms with Crippen LogP contribution in [0.3, 0.4) is 0 Å². The lowest BCUT2D eigenvalue weighted by atomic mass is 10.1. The lowest BCUT2D eigenvalue weighted by molar-refractivity contribution is -0.130. The highest BCUT2D eigenvalue weighted by Crippen LogP contribution is 2.16. The molecule has 0 saturated carbocycles. The predicted octanol–water partition coefficient (Wildman–Crippen LogP) is 0.167. The summed E-state index contributed by atoms with van der Waals surface area (Å²) in [5.74, 6) is -0.0947. The normalized spacial score (nSPS) is 24.1. The average Bonchev–Trinajstić information content (AvgIpc) is 2.72. The monoisotopic (exact) mass is 253 g/mol. The molecule has 18 heavy (non-hydrogen) atoms. The van der Waals surface area contributed by atoms with E-state index in [-0.39, 0.29) is 23.8 Å². The van der Waals surface area contributed by atoms with E-state index < -0.39 is 6.04 Å². The van der Waals surface area contributed by atoms with Crippen molar-refractivity contribution in [1.82, 2.24) is 10.6 Å². The number of nitrogens with one attached hydrogen (secondary N) is 2. The SMILES string of the molecule is CC(C)CNC(=O)C(C)NC(=O)C1C=CC(N)C1. The maximum atomic E-state index is 11.8. The van der Waals surface area contributed by atoms with Gasteiger partial charge in [-0.05, 0) is 19.3 Å². The first kappa shape index (κ1) is 14.7. The summed E-state index contributed by atoms with van der Waals surface area (Å²) < 4.78 is 0. The van der Waals surface area contributed by atoms with Gasteiger partial charge in [-0.1, -0.05) is 26.0 Å². The molecular formula is C13H23N3O2. The van der Waals surface area contributed by atoms with Gasteiger partial charge in [-0.25, -0.2) is 0 Å². The molecule has 0 aliphatic heterocycles. The van der Waals surface area contributed by atoms with Crippen molar-refractivity contribution in [3.8, 4) is 0 Å². The fourth-order valence-electron chi connectivity index (χ4n) is 1.77. The minimum absolute atomic E-state index is 0.0502. The topological polar surface area (TPSA) is 84.2 Å². The summed E-state index contributed by atoms with van der Waals surface area (Å²) >= 11 is 0. The molecule has 0 radical (unpaired) electrons. The molecule has 0 heterocycles. The molecule has 5 heteroatoms. The molecule has 0 saturated heterocycles. The Morgan fingerprint density at radius 2 is 2.00 bits per heavy atom. The highest BCUT2D eigenvalue weighted by molar-refractivity contribution is 5.89. The van der Waals surface area contributed by atoms with Crippen molar-refractivity contribution in [1.29, 1.82) is 0 Å². The van der Waals surface area contributed by atoms with E-state index in [1.54, 1.807) is 13.0 Å². The van der Waals surface area contributed by atoms with Crippen molar-refractivity contribution in [2.24, 2.45) is 17.6 Å². The molecule has 0 fully saturated rings. The van der Waals surface area contributed by atoms with E-state index in [0.29, 0.717) is 18.9 Å². The van der Waals surface area contributed by atoms with Crippen molar-refractivity contribution >= 4 is 11.8 Å². The van der Waals surface area contributed by atoms with E-state index in [0.717, 1.165) is 0 Å². The third-order valence-electron chi connectivity index (χ3n) is 2.89. The Labute approximate surface area is 108 Å². The molecule has 3 unspecified atom stereocenters. The van der Waals surface area contributed by atoms with E-state index in [1.165, 1.54) is 0 Å². The van der Waals surface area contributed by atoms with Gasteiger partial charge in [0.2, 0.25) is 11.8 Å². The van der Waals surface area contributed by atoms with Crippen molar-refractivity contribution in [3.05, 3.63) is 12.2 Å². The van der Waals surface area contributed by atoms with Crippen LogP contribution in [0.2, 0.25) is 0 Å². The zero-order chi connectivity index (χ0) is 13.7. The maximum absolute atomic E-state index is 11.8. The number of carbonyl (C=O) groups is 2. The van der Waals surface area contributed by atoms with Crippen LogP contribution in [0.1, 0.15) is 27.2 Å². The Morgan fingerprint density at radius 1 is 1.33 bits per heavy atom. The number of carbonyl (C=O) groups excluding carboxylic acids is 2. The summed E-state index contributed by atoms with van der Waals surface area (Å²) in [4.78, 5) is 23.5. The van der Waals surface area contributed by atoms with Crippen LogP contribution in [0.5, 0.6) is 0 Å². The molecule has 2 amide bonds. The first-order valence-corrected chi connectivity index (χ1v) is 6.42. The van der Waals surface area contributed by atoms with Gasteiger partial charge in [0, 0.05) is 12.6 Å². The number of amides is 2. The Kier molecular flexibility index (Phi) is 5.34. The number of nitrogens with two attached hydrogens (primary N) is 1. The lowest BCUT2D eigenvalue weighted by Gasteiger charge is -2.17. The van der Waals surface area contributed by atoms with Crippen molar-refractivity contribution in [2.45, 2.75) is 39.3 Å². The number of hydrogen-bond donors (Lipinski definition) is 3. The Hall–Kier alpha value is -1.36. The highest BCUT2D eigenvalue weighted by Gasteiger charge is 2.25. The average molecular weight is 253 g/mol. The molecule has 4 N–H and O–H groups in total. The van der Waals surface area contributed by atoms with Crippen molar-refractivity contribution in [3.63, 3.8) is 0 Å². The summed E-state index contributed by atoms with van der Waals surface area (Å²) in [6, 6.07) is -0.563. The molecule has 1 aliphatic carbocycles. The zero-order valence-corrected chi connectivity index (χ0v) is 11.3. The second-order valence-electron chi connectivity index (χ2n) is 5.26. The molecule has 102 valence electrons. The standard InChI is InChI=1S/C13H23N3O2/c1-8(2)7-15-12(17)9(3)16-13(18)10-4-5-11(14)6-10/h4-5,8-11H,6-7,14H2,1-3H3,(H,15,17)(H,16,18). The van der Waals surface area contributed by atoms with Crippen LogP contribution in [0.25, 0.3) is 0 Å². The van der Waals surface area contributed by atoms with Gasteiger partial charge in [0.05, 0.1) is 5.92 Å². The Morgan fingerprint density at radius 3 is 2.50 bits per heavy atom. The largest absolute Gasteiger partial charge is 0.354 e. The van der Waals surface area contributed by atoms with E-state index in [4.69, 9.17) is 5.73 Å². The van der Waals surface area contributed by atoms with Crippen LogP contribution in [0, 0.1) is 11.8 Å². The van der Waals surface area contributed by atoms with E-state index >= 15 is 0 Å². The van der Waals surface area contributed by atoms with Gasteiger partial charge in [0.1, 0.15) is 6.04 Å². The quantitative estimate of drug-likeness (QED) is 0.611. The molecule has 1 rings (SSSR count). The first-order valence-electron chi connectivity index (χ1n) is 6.42. The predicted molar refractivity (Wildman–Crippen MR) is 70.7 cm³/mol. The smallest absolute Gasteiger partial charge is 0.242 e. The molecule has 0 aromatic heterocycles. The fourth-order valence-corrected chi connectivity index (χ4v) is 1.77. The fraction of sp³-hybridized carbons (Fsp3) is 0.692. The van der Waals surface area contributed by atoms with Gasteiger partial charge in [0.25, 0.3) is 0 Å². The summed E-state index contributed by atoms with van der Waals surface area (Å²) in [7, 11) is 0. The molecule has 0 spiro atoms. The van der Waals surface area contributed by atoms with Gasteiger partial charge in [-0.15, -0.1) is 0 Å². The van der Waals surface area contributed by atoms with Crippen LogP contribution >= 0.6 is 0 Å². The Bertz CT molecular complexity index is 339. The van der Waals surface area contributed by atoms with Crippen LogP contribution in [-0.4, -0.2) is 30.4 Å². The van der Waals surface area contributed by atoms with E-state index in [2.05, 4.69) is 10.6 Å². The van der Waals surface area contributed by atoms with Gasteiger partial charge in [-0.3, -0.25) is 9.59 Å². The summed E-state index contributed by atoms with van der Waals surface area (Å²) in [5, 5.41) is 5.50. The number of hydrogen-bond acceptors (Lipinski definition) is 3. The van der Waals surface area contributed by atoms with Crippen molar-refractivity contribution in [2.75, 3.05) is 6.54 Å². The van der Waals surface area contributed by atoms with Gasteiger partial charge in [0.15, 0.2) is 0 Å². The second-order valence-corrected chi connectivity index (χ2v) is 5.26. The lowest BCUT2D eigenvalue weighted by Crippen LogP contribution is -2.47. The maximum Gasteiger partial charge on any atom is 0.242 e. The van der Waals surface area contributed by atoms with Crippen LogP contribution in [-0.2, 0) is 9.59 Å². The third-order valence-corrected chi connectivity index (χ3v) is 2.89. The molecule has 1 aliphatic rings. The third kappa shape index (κ3) is 4.49. The minimum atomic E-state index is -0.513. The molecule has 0 bridgehead atoms. The Balaban J connectivity index is 2.35. The van der Waals surface area contributed by atoms with Gasteiger partial charge in [-0.2, -0.15) is 0 Å². The molecule has 0 aromatic rings. The van der Waals surface area contributed by atoms with Gasteiger partial charge < -0.3 is 16.4 Å². The number of rotatable bonds is 5. The van der Waals surface area contributed by atoms with Crippen molar-refractivity contribution < 1.29 is 9.59 Å². The van der Waals surface area contributed by atoms with Crippen LogP contribution in [0.15, 0.2) is 12.2 Å². The molecule has 5 nitrogen and oxygen atoms in total. The van der Waals surface area contributed by atoms with E-state index in [1.807, 2.05) is 19.9 Å². The summed E-state index contributed by atoms with van der Waals surface area (Å²) in [6.45, 7) is 6.35. The summed E-state index contributed by atoms with van der Waals surface area (Å²) in [6.07, 6.45) is 4.25. The first-order chi connectivity index (χ1) is 8.40. The minimum Gasteiger partial charge on any atom is -0.354 e.